The number of ether oxygens (including phenoxy) is 1. The first-order chi connectivity index (χ1) is 20.7. The molecule has 7 rings (SSSR count). The molecule has 3 heterocycles. The highest BCUT2D eigenvalue weighted by Crippen LogP contribution is 2.36. The van der Waals surface area contributed by atoms with Gasteiger partial charge in [-0.1, -0.05) is 91.0 Å². The summed E-state index contributed by atoms with van der Waals surface area (Å²) >= 11 is 0. The minimum absolute atomic E-state index is 0.367. The Kier molecular flexibility index (Phi) is 6.41. The van der Waals surface area contributed by atoms with Crippen LogP contribution in [-0.2, 0) is 0 Å². The van der Waals surface area contributed by atoms with Gasteiger partial charge in [-0.05, 0) is 42.0 Å². The number of benzene rings is 4. The van der Waals surface area contributed by atoms with Crippen molar-refractivity contribution in [1.29, 1.82) is 0 Å². The minimum Gasteiger partial charge on any atom is -0.493 e. The second kappa shape index (κ2) is 10.7. The number of hydrogen-bond donors (Lipinski definition) is 0. The van der Waals surface area contributed by atoms with Gasteiger partial charge in [-0.3, -0.25) is 0 Å². The smallest absolute Gasteiger partial charge is 0.345 e. The second-order valence-electron chi connectivity index (χ2n) is 9.86. The lowest BCUT2D eigenvalue weighted by atomic mass is 9.98. The van der Waals surface area contributed by atoms with E-state index in [4.69, 9.17) is 19.2 Å². The molecule has 4 aromatic carbocycles. The van der Waals surface area contributed by atoms with E-state index < -0.39 is 5.63 Å². The standard InChI is InChI=1S/C36H25N3O3/c1-41-33-19-11-16-26-20-29(36(40)42-35(26)33)32-22-27(21-31(37-32)24-12-5-2-6-13-24)30-23-39(28-17-9-4-10-18-28)38-34(30)25-14-7-3-8-15-25/h2-23H,1H3. The molecule has 6 heteroatoms. The highest BCUT2D eigenvalue weighted by Gasteiger charge is 2.19. The molecule has 42 heavy (non-hydrogen) atoms. The molecule has 0 aliphatic carbocycles. The fourth-order valence-electron chi connectivity index (χ4n) is 5.15. The van der Waals surface area contributed by atoms with E-state index in [9.17, 15) is 4.79 Å². The molecule has 0 atom stereocenters. The molecule has 0 bridgehead atoms. The van der Waals surface area contributed by atoms with Gasteiger partial charge in [-0.2, -0.15) is 5.10 Å². The molecule has 0 spiro atoms. The number of hydrogen-bond acceptors (Lipinski definition) is 5. The number of methoxy groups -OCH3 is 1. The zero-order chi connectivity index (χ0) is 28.5. The van der Waals surface area contributed by atoms with Gasteiger partial charge in [0.2, 0.25) is 0 Å². The van der Waals surface area contributed by atoms with Crippen LogP contribution in [0.25, 0.3) is 61.6 Å². The van der Waals surface area contributed by atoms with Gasteiger partial charge in [0, 0.05) is 28.3 Å². The maximum absolute atomic E-state index is 13.4. The Morgan fingerprint density at radius 1 is 0.667 bits per heavy atom. The van der Waals surface area contributed by atoms with E-state index in [1.54, 1.807) is 13.2 Å². The third-order valence-electron chi connectivity index (χ3n) is 7.21. The van der Waals surface area contributed by atoms with Crippen molar-refractivity contribution in [3.05, 3.63) is 144 Å². The monoisotopic (exact) mass is 547 g/mol. The van der Waals surface area contributed by atoms with Gasteiger partial charge in [0.1, 0.15) is 5.69 Å². The zero-order valence-corrected chi connectivity index (χ0v) is 22.8. The molecule has 0 aliphatic heterocycles. The van der Waals surface area contributed by atoms with Crippen molar-refractivity contribution in [2.24, 2.45) is 0 Å². The predicted molar refractivity (Wildman–Crippen MR) is 166 cm³/mol. The van der Waals surface area contributed by atoms with Crippen LogP contribution in [0.1, 0.15) is 0 Å². The Morgan fingerprint density at radius 3 is 2.05 bits per heavy atom. The Balaban J connectivity index is 1.48. The SMILES string of the molecule is COc1cccc2cc(-c3cc(-c4cn(-c5ccccc5)nc4-c4ccccc4)cc(-c4ccccc4)n3)c(=O)oc12. The Bertz CT molecular complexity index is 2080. The number of nitrogens with zero attached hydrogens (tertiary/aromatic N) is 3. The summed E-state index contributed by atoms with van der Waals surface area (Å²) in [6.45, 7) is 0. The largest absolute Gasteiger partial charge is 0.493 e. The number of fused-ring (bicyclic) bond motifs is 1. The summed E-state index contributed by atoms with van der Waals surface area (Å²) in [6, 6.07) is 41.4. The van der Waals surface area contributed by atoms with Crippen LogP contribution in [0.5, 0.6) is 5.75 Å². The van der Waals surface area contributed by atoms with Crippen LogP contribution in [0.15, 0.2) is 143 Å². The van der Waals surface area contributed by atoms with Crippen LogP contribution >= 0.6 is 0 Å². The molecule has 0 N–H and O–H groups in total. The van der Waals surface area contributed by atoms with Crippen molar-refractivity contribution in [3.8, 4) is 56.3 Å². The first-order valence-corrected chi connectivity index (χ1v) is 13.6. The number of aromatic nitrogens is 3. The lowest BCUT2D eigenvalue weighted by Crippen LogP contribution is -2.05. The molecule has 202 valence electrons. The lowest BCUT2D eigenvalue weighted by Gasteiger charge is -2.11. The fourth-order valence-corrected chi connectivity index (χ4v) is 5.15. The maximum atomic E-state index is 13.4. The summed E-state index contributed by atoms with van der Waals surface area (Å²) in [4.78, 5) is 18.4. The number of pyridine rings is 1. The molecular weight excluding hydrogens is 522 g/mol. The van der Waals surface area contributed by atoms with Gasteiger partial charge in [0.25, 0.3) is 0 Å². The van der Waals surface area contributed by atoms with E-state index in [1.807, 2.05) is 132 Å². The average Bonchev–Trinajstić information content (AvgIpc) is 3.51. The molecule has 0 unspecified atom stereocenters. The molecule has 7 aromatic rings. The van der Waals surface area contributed by atoms with Gasteiger partial charge in [0.05, 0.1) is 29.7 Å². The average molecular weight is 548 g/mol. The molecule has 0 saturated heterocycles. The normalized spacial score (nSPS) is 11.1. The third kappa shape index (κ3) is 4.65. The van der Waals surface area contributed by atoms with Crippen LogP contribution < -0.4 is 10.4 Å². The Labute approximate surface area is 242 Å². The van der Waals surface area contributed by atoms with Gasteiger partial charge >= 0.3 is 5.63 Å². The number of para-hydroxylation sites is 2. The summed E-state index contributed by atoms with van der Waals surface area (Å²) in [5.41, 5.74) is 7.02. The topological polar surface area (TPSA) is 70.2 Å². The molecule has 3 aromatic heterocycles. The maximum Gasteiger partial charge on any atom is 0.345 e. The molecule has 0 saturated carbocycles. The van der Waals surface area contributed by atoms with Crippen molar-refractivity contribution in [2.45, 2.75) is 0 Å². The minimum atomic E-state index is -0.487. The third-order valence-corrected chi connectivity index (χ3v) is 7.21. The van der Waals surface area contributed by atoms with E-state index in [0.717, 1.165) is 44.7 Å². The summed E-state index contributed by atoms with van der Waals surface area (Å²) in [5, 5.41) is 5.76. The lowest BCUT2D eigenvalue weighted by molar-refractivity contribution is 0.407. The summed E-state index contributed by atoms with van der Waals surface area (Å²) in [5.74, 6) is 0.503. The summed E-state index contributed by atoms with van der Waals surface area (Å²) < 4.78 is 13.1. The van der Waals surface area contributed by atoms with Gasteiger partial charge in [0.15, 0.2) is 11.3 Å². The molecule has 0 aliphatic rings. The second-order valence-corrected chi connectivity index (χ2v) is 9.86. The first-order valence-electron chi connectivity index (χ1n) is 13.6. The van der Waals surface area contributed by atoms with Crippen LogP contribution in [0.4, 0.5) is 0 Å². The molecule has 6 nitrogen and oxygen atoms in total. The van der Waals surface area contributed by atoms with E-state index in [0.29, 0.717) is 22.6 Å². The van der Waals surface area contributed by atoms with E-state index in [-0.39, 0.29) is 0 Å². The number of rotatable bonds is 6. The Hall–Kier alpha value is -5.75. The fraction of sp³-hybridized carbons (Fsp3) is 0.0278. The summed E-state index contributed by atoms with van der Waals surface area (Å²) in [7, 11) is 1.56. The van der Waals surface area contributed by atoms with Crippen LogP contribution in [0, 0.1) is 0 Å². The molecule has 0 amide bonds. The first kappa shape index (κ1) is 25.2. The van der Waals surface area contributed by atoms with E-state index in [2.05, 4.69) is 0 Å². The van der Waals surface area contributed by atoms with Crippen molar-refractivity contribution in [3.63, 3.8) is 0 Å². The Morgan fingerprint density at radius 2 is 1.33 bits per heavy atom. The van der Waals surface area contributed by atoms with Crippen LogP contribution in [0.2, 0.25) is 0 Å². The quantitative estimate of drug-likeness (QED) is 0.197. The molecular formula is C36H25N3O3. The molecule has 0 fully saturated rings. The van der Waals surface area contributed by atoms with Gasteiger partial charge in [-0.25, -0.2) is 14.5 Å². The van der Waals surface area contributed by atoms with E-state index >= 15 is 0 Å². The van der Waals surface area contributed by atoms with Crippen LogP contribution in [-0.4, -0.2) is 21.9 Å². The molecule has 0 radical (unpaired) electrons. The predicted octanol–water partition coefficient (Wildman–Crippen LogP) is 8.05. The van der Waals surface area contributed by atoms with Crippen molar-refractivity contribution in [2.75, 3.05) is 7.11 Å². The van der Waals surface area contributed by atoms with Crippen molar-refractivity contribution < 1.29 is 9.15 Å². The van der Waals surface area contributed by atoms with E-state index in [1.165, 1.54) is 0 Å². The highest BCUT2D eigenvalue weighted by molar-refractivity contribution is 5.88. The summed E-state index contributed by atoms with van der Waals surface area (Å²) in [6.07, 6.45) is 2.03. The zero-order valence-electron chi connectivity index (χ0n) is 22.8. The van der Waals surface area contributed by atoms with Gasteiger partial charge < -0.3 is 9.15 Å². The van der Waals surface area contributed by atoms with Gasteiger partial charge in [-0.15, -0.1) is 0 Å². The van der Waals surface area contributed by atoms with Crippen LogP contribution in [0.3, 0.4) is 0 Å². The van der Waals surface area contributed by atoms with Crippen molar-refractivity contribution >= 4 is 11.0 Å². The highest BCUT2D eigenvalue weighted by atomic mass is 16.5. The van der Waals surface area contributed by atoms with Crippen molar-refractivity contribution in [1.82, 2.24) is 14.8 Å².